The van der Waals surface area contributed by atoms with Gasteiger partial charge in [-0.05, 0) is 19.1 Å². The monoisotopic (exact) mass is 210 g/mol. The van der Waals surface area contributed by atoms with Gasteiger partial charge in [-0.3, -0.25) is 0 Å². The molecule has 1 heterocycles. The number of ether oxygens (including phenoxy) is 1. The van der Waals surface area contributed by atoms with Gasteiger partial charge in [-0.2, -0.15) is 0 Å². The topological polar surface area (TPSA) is 38.5 Å². The zero-order valence-electron chi connectivity index (χ0n) is 8.74. The Morgan fingerprint density at radius 1 is 1.60 bits per heavy atom. The van der Waals surface area contributed by atoms with Gasteiger partial charge >= 0.3 is 0 Å². The van der Waals surface area contributed by atoms with Crippen LogP contribution in [0, 0.1) is 5.82 Å². The molecule has 0 aliphatic carbocycles. The molecule has 4 heteroatoms. The standard InChI is InChI=1S/C11H15FN2O/c1-8-7-14(5-4-13)10-3-2-9(12)6-11(10)15-8/h2-3,6,8H,4-5,7,13H2,1H3. The molecule has 1 unspecified atom stereocenters. The lowest BCUT2D eigenvalue weighted by atomic mass is 10.2. The molecule has 1 aliphatic heterocycles. The predicted octanol–water partition coefficient (Wildman–Crippen LogP) is 1.37. The van der Waals surface area contributed by atoms with Gasteiger partial charge in [0.25, 0.3) is 0 Å². The summed E-state index contributed by atoms with van der Waals surface area (Å²) in [5.74, 6) is 0.345. The average Bonchev–Trinajstić information content (AvgIpc) is 2.17. The van der Waals surface area contributed by atoms with Crippen LogP contribution < -0.4 is 15.4 Å². The van der Waals surface area contributed by atoms with E-state index in [1.807, 2.05) is 6.92 Å². The Hall–Kier alpha value is -1.29. The van der Waals surface area contributed by atoms with Gasteiger partial charge in [-0.25, -0.2) is 4.39 Å². The molecule has 15 heavy (non-hydrogen) atoms. The molecule has 1 atom stereocenters. The highest BCUT2D eigenvalue weighted by Gasteiger charge is 2.22. The molecule has 82 valence electrons. The van der Waals surface area contributed by atoms with E-state index in [0.29, 0.717) is 12.3 Å². The summed E-state index contributed by atoms with van der Waals surface area (Å²) in [6.45, 7) is 4.13. The third-order valence-electron chi connectivity index (χ3n) is 2.47. The molecule has 0 radical (unpaired) electrons. The Balaban J connectivity index is 2.33. The predicted molar refractivity (Wildman–Crippen MR) is 57.8 cm³/mol. The van der Waals surface area contributed by atoms with E-state index in [4.69, 9.17) is 10.5 Å². The first-order valence-electron chi connectivity index (χ1n) is 5.12. The maximum atomic E-state index is 13.0. The van der Waals surface area contributed by atoms with E-state index >= 15 is 0 Å². The third kappa shape index (κ3) is 2.04. The Morgan fingerprint density at radius 2 is 2.40 bits per heavy atom. The number of rotatable bonds is 2. The number of nitrogens with two attached hydrogens (primary N) is 1. The number of nitrogens with zero attached hydrogens (tertiary/aromatic N) is 1. The van der Waals surface area contributed by atoms with Crippen molar-refractivity contribution in [3.8, 4) is 5.75 Å². The first-order chi connectivity index (χ1) is 7.20. The summed E-state index contributed by atoms with van der Waals surface area (Å²) in [6.07, 6.45) is 0.0749. The lowest BCUT2D eigenvalue weighted by Crippen LogP contribution is -2.41. The van der Waals surface area contributed by atoms with Gasteiger partial charge in [0.15, 0.2) is 0 Å². The van der Waals surface area contributed by atoms with E-state index in [-0.39, 0.29) is 11.9 Å². The molecule has 1 aromatic rings. The molecule has 0 bridgehead atoms. The third-order valence-corrected chi connectivity index (χ3v) is 2.47. The van der Waals surface area contributed by atoms with Gasteiger partial charge in [0.1, 0.15) is 17.7 Å². The second kappa shape index (κ2) is 4.06. The smallest absolute Gasteiger partial charge is 0.146 e. The Morgan fingerprint density at radius 3 is 3.13 bits per heavy atom. The van der Waals surface area contributed by atoms with Crippen LogP contribution in [0.5, 0.6) is 5.75 Å². The summed E-state index contributed by atoms with van der Waals surface area (Å²) in [5.41, 5.74) is 6.47. The van der Waals surface area contributed by atoms with Crippen molar-refractivity contribution in [2.24, 2.45) is 5.73 Å². The molecule has 0 fully saturated rings. The Kier molecular flexibility index (Phi) is 2.77. The molecular formula is C11H15FN2O. The van der Waals surface area contributed by atoms with Crippen LogP contribution in [0.4, 0.5) is 10.1 Å². The minimum absolute atomic E-state index is 0.0749. The fourth-order valence-electron chi connectivity index (χ4n) is 1.87. The maximum Gasteiger partial charge on any atom is 0.146 e. The number of halogens is 1. The quantitative estimate of drug-likeness (QED) is 0.801. The van der Waals surface area contributed by atoms with E-state index in [1.54, 1.807) is 6.07 Å². The highest BCUT2D eigenvalue weighted by molar-refractivity contribution is 5.60. The molecule has 0 saturated heterocycles. The summed E-state index contributed by atoms with van der Waals surface area (Å²) >= 11 is 0. The highest BCUT2D eigenvalue weighted by Crippen LogP contribution is 2.33. The van der Waals surface area contributed by atoms with Crippen molar-refractivity contribution >= 4 is 5.69 Å². The highest BCUT2D eigenvalue weighted by atomic mass is 19.1. The van der Waals surface area contributed by atoms with Gasteiger partial charge in [-0.1, -0.05) is 0 Å². The van der Waals surface area contributed by atoms with Crippen LogP contribution in [0.3, 0.4) is 0 Å². The fraction of sp³-hybridized carbons (Fsp3) is 0.455. The first-order valence-corrected chi connectivity index (χ1v) is 5.12. The lowest BCUT2D eigenvalue weighted by molar-refractivity contribution is 0.212. The number of anilines is 1. The van der Waals surface area contributed by atoms with Gasteiger partial charge in [0.05, 0.1) is 12.2 Å². The molecular weight excluding hydrogens is 195 g/mol. The average molecular weight is 210 g/mol. The van der Waals surface area contributed by atoms with Crippen LogP contribution >= 0.6 is 0 Å². The molecule has 0 spiro atoms. The van der Waals surface area contributed by atoms with Gasteiger partial charge in [0.2, 0.25) is 0 Å². The van der Waals surface area contributed by atoms with Crippen LogP contribution in [0.1, 0.15) is 6.92 Å². The first kappa shape index (κ1) is 10.2. The molecule has 0 saturated carbocycles. The van der Waals surface area contributed by atoms with Crippen LogP contribution in [0.2, 0.25) is 0 Å². The van der Waals surface area contributed by atoms with Gasteiger partial charge in [0, 0.05) is 19.2 Å². The number of hydrogen-bond donors (Lipinski definition) is 1. The van der Waals surface area contributed by atoms with Crippen molar-refractivity contribution in [3.63, 3.8) is 0 Å². The molecule has 1 aliphatic rings. The Labute approximate surface area is 88.6 Å². The molecule has 2 rings (SSSR count). The van der Waals surface area contributed by atoms with Crippen molar-refractivity contribution < 1.29 is 9.13 Å². The summed E-state index contributed by atoms with van der Waals surface area (Å²) in [6, 6.07) is 4.61. The molecule has 0 aromatic heterocycles. The Bertz CT molecular complexity index is 356. The van der Waals surface area contributed by atoms with Crippen molar-refractivity contribution in [1.29, 1.82) is 0 Å². The van der Waals surface area contributed by atoms with E-state index in [1.165, 1.54) is 12.1 Å². The summed E-state index contributed by atoms with van der Waals surface area (Å²) < 4.78 is 18.6. The number of hydrogen-bond acceptors (Lipinski definition) is 3. The second-order valence-electron chi connectivity index (χ2n) is 3.78. The summed E-state index contributed by atoms with van der Waals surface area (Å²) in [4.78, 5) is 2.13. The largest absolute Gasteiger partial charge is 0.487 e. The molecule has 0 amide bonds. The van der Waals surface area contributed by atoms with Gasteiger partial charge in [-0.15, -0.1) is 0 Å². The number of fused-ring (bicyclic) bond motifs is 1. The van der Waals surface area contributed by atoms with Crippen LogP contribution in [-0.2, 0) is 0 Å². The minimum Gasteiger partial charge on any atom is -0.487 e. The minimum atomic E-state index is -0.268. The fourth-order valence-corrected chi connectivity index (χ4v) is 1.87. The van der Waals surface area contributed by atoms with Crippen molar-refractivity contribution in [2.75, 3.05) is 24.5 Å². The van der Waals surface area contributed by atoms with E-state index in [2.05, 4.69) is 4.90 Å². The molecule has 2 N–H and O–H groups in total. The number of benzene rings is 1. The van der Waals surface area contributed by atoms with Crippen LogP contribution in [0.25, 0.3) is 0 Å². The maximum absolute atomic E-state index is 13.0. The van der Waals surface area contributed by atoms with E-state index in [0.717, 1.165) is 18.8 Å². The molecule has 1 aromatic carbocycles. The van der Waals surface area contributed by atoms with Crippen molar-refractivity contribution in [3.05, 3.63) is 24.0 Å². The SMILES string of the molecule is CC1CN(CCN)c2ccc(F)cc2O1. The van der Waals surface area contributed by atoms with E-state index in [9.17, 15) is 4.39 Å². The zero-order valence-corrected chi connectivity index (χ0v) is 8.74. The van der Waals surface area contributed by atoms with Gasteiger partial charge < -0.3 is 15.4 Å². The summed E-state index contributed by atoms with van der Waals surface area (Å²) in [5, 5.41) is 0. The van der Waals surface area contributed by atoms with Crippen LogP contribution in [-0.4, -0.2) is 25.7 Å². The van der Waals surface area contributed by atoms with Crippen molar-refractivity contribution in [1.82, 2.24) is 0 Å². The zero-order chi connectivity index (χ0) is 10.8. The molecule has 3 nitrogen and oxygen atoms in total. The second-order valence-corrected chi connectivity index (χ2v) is 3.78. The summed E-state index contributed by atoms with van der Waals surface area (Å²) in [7, 11) is 0. The van der Waals surface area contributed by atoms with Crippen LogP contribution in [0.15, 0.2) is 18.2 Å². The normalized spacial score (nSPS) is 19.7. The lowest BCUT2D eigenvalue weighted by Gasteiger charge is -2.34. The van der Waals surface area contributed by atoms with E-state index < -0.39 is 0 Å². The van der Waals surface area contributed by atoms with Crippen molar-refractivity contribution in [2.45, 2.75) is 13.0 Å².